The molecule has 2 aromatic rings. The van der Waals surface area contributed by atoms with E-state index in [2.05, 4.69) is 5.32 Å². The van der Waals surface area contributed by atoms with Gasteiger partial charge in [0.1, 0.15) is 11.6 Å². The summed E-state index contributed by atoms with van der Waals surface area (Å²) in [6.07, 6.45) is -0.735. The highest BCUT2D eigenvalue weighted by atomic mass is 16.6. The van der Waals surface area contributed by atoms with Gasteiger partial charge in [-0.2, -0.15) is 0 Å². The molecule has 0 aliphatic carbocycles. The molecule has 5 heteroatoms. The van der Waals surface area contributed by atoms with E-state index < -0.39 is 24.3 Å². The van der Waals surface area contributed by atoms with Gasteiger partial charge in [-0.15, -0.1) is 0 Å². The number of amides is 1. The Morgan fingerprint density at radius 3 is 2.08 bits per heavy atom. The highest BCUT2D eigenvalue weighted by molar-refractivity contribution is 6.01. The monoisotopic (exact) mass is 341 g/mol. The molecule has 1 atom stereocenters. The molecule has 0 radical (unpaired) electrons. The van der Waals surface area contributed by atoms with Gasteiger partial charge in [0, 0.05) is 5.56 Å². The molecule has 25 heavy (non-hydrogen) atoms. The van der Waals surface area contributed by atoms with Gasteiger partial charge in [0.15, 0.2) is 5.78 Å². The quantitative estimate of drug-likeness (QED) is 0.817. The predicted molar refractivity (Wildman–Crippen MR) is 96.5 cm³/mol. The fourth-order valence-electron chi connectivity index (χ4n) is 2.30. The number of hydrogen-bond acceptors (Lipinski definition) is 4. The lowest BCUT2D eigenvalue weighted by Gasteiger charge is -2.22. The number of hydrogen-bond donors (Lipinski definition) is 2. The smallest absolute Gasteiger partial charge is 0.408 e. The second-order valence-electron chi connectivity index (χ2n) is 6.69. The fraction of sp³-hybridized carbons (Fsp3) is 0.300. The molecule has 2 aromatic carbocycles. The fourth-order valence-corrected chi connectivity index (χ4v) is 2.30. The van der Waals surface area contributed by atoms with Gasteiger partial charge in [-0.1, -0.05) is 54.6 Å². The molecule has 0 aromatic heterocycles. The Kier molecular flexibility index (Phi) is 5.93. The lowest BCUT2D eigenvalue weighted by atomic mass is 10.00. The van der Waals surface area contributed by atoms with E-state index in [1.807, 2.05) is 42.5 Å². The van der Waals surface area contributed by atoms with E-state index in [4.69, 9.17) is 4.74 Å². The van der Waals surface area contributed by atoms with Gasteiger partial charge in [-0.25, -0.2) is 4.79 Å². The van der Waals surface area contributed by atoms with Gasteiger partial charge in [0.05, 0.1) is 6.61 Å². The summed E-state index contributed by atoms with van der Waals surface area (Å²) >= 11 is 0. The van der Waals surface area contributed by atoms with Crippen LogP contribution in [0.5, 0.6) is 0 Å². The van der Waals surface area contributed by atoms with Gasteiger partial charge in [-0.05, 0) is 31.9 Å². The first-order valence-electron chi connectivity index (χ1n) is 8.10. The molecular formula is C20H23NO4. The maximum Gasteiger partial charge on any atom is 0.408 e. The molecule has 2 rings (SSSR count). The predicted octanol–water partition coefficient (Wildman–Crippen LogP) is 3.42. The zero-order chi connectivity index (χ0) is 18.4. The number of ketones is 1. The van der Waals surface area contributed by atoms with Crippen LogP contribution in [0.1, 0.15) is 31.1 Å². The number of Topliss-reactive ketones (excluding diaryl/α,β-unsaturated/α-hetero) is 1. The molecule has 2 N–H and O–H groups in total. The highest BCUT2D eigenvalue weighted by Crippen LogP contribution is 2.19. The maximum atomic E-state index is 12.5. The number of benzene rings is 2. The molecule has 0 aliphatic heterocycles. The molecule has 0 saturated carbocycles. The van der Waals surface area contributed by atoms with E-state index in [0.717, 1.165) is 11.1 Å². The number of carbonyl (C=O) groups is 2. The molecule has 0 bridgehead atoms. The molecule has 0 heterocycles. The van der Waals surface area contributed by atoms with Crippen LogP contribution in [0, 0.1) is 0 Å². The summed E-state index contributed by atoms with van der Waals surface area (Å²) < 4.78 is 5.12. The molecule has 5 nitrogen and oxygen atoms in total. The normalized spacial score (nSPS) is 12.3. The Hall–Kier alpha value is -2.66. The summed E-state index contributed by atoms with van der Waals surface area (Å²) in [7, 11) is 0. The molecule has 1 amide bonds. The van der Waals surface area contributed by atoms with Crippen LogP contribution in [0.4, 0.5) is 4.79 Å². The van der Waals surface area contributed by atoms with Crippen molar-refractivity contribution in [2.45, 2.75) is 32.4 Å². The van der Waals surface area contributed by atoms with Gasteiger partial charge < -0.3 is 15.2 Å². The summed E-state index contributed by atoms with van der Waals surface area (Å²) in [6.45, 7) is 4.68. The summed E-state index contributed by atoms with van der Waals surface area (Å²) in [5.74, 6) is -0.368. The Bertz CT molecular complexity index is 718. The Balaban J connectivity index is 2.08. The SMILES string of the molecule is CC(C)(C)OC(=O)N[C@@H](CO)C(=O)c1ccc(-c2ccccc2)cc1. The Morgan fingerprint density at radius 2 is 1.56 bits per heavy atom. The summed E-state index contributed by atoms with van der Waals surface area (Å²) in [5.41, 5.74) is 1.77. The minimum absolute atomic E-state index is 0.368. The summed E-state index contributed by atoms with van der Waals surface area (Å²) in [4.78, 5) is 24.3. The van der Waals surface area contributed by atoms with Crippen molar-refractivity contribution in [2.24, 2.45) is 0 Å². The number of ether oxygens (including phenoxy) is 1. The highest BCUT2D eigenvalue weighted by Gasteiger charge is 2.24. The average molecular weight is 341 g/mol. The Morgan fingerprint density at radius 1 is 1.00 bits per heavy atom. The van der Waals surface area contributed by atoms with Crippen molar-refractivity contribution >= 4 is 11.9 Å². The van der Waals surface area contributed by atoms with Gasteiger partial charge in [0.25, 0.3) is 0 Å². The summed E-state index contributed by atoms with van der Waals surface area (Å²) in [6, 6.07) is 15.8. The zero-order valence-corrected chi connectivity index (χ0v) is 14.7. The van der Waals surface area contributed by atoms with Crippen LogP contribution in [0.15, 0.2) is 54.6 Å². The minimum atomic E-state index is -1.04. The van der Waals surface area contributed by atoms with Crippen molar-refractivity contribution in [3.05, 3.63) is 60.2 Å². The number of aliphatic hydroxyl groups excluding tert-OH is 1. The molecule has 0 saturated heterocycles. The third-order valence-corrected chi connectivity index (χ3v) is 3.47. The van der Waals surface area contributed by atoms with Crippen LogP contribution < -0.4 is 5.32 Å². The number of alkyl carbamates (subject to hydrolysis) is 1. The first-order valence-corrected chi connectivity index (χ1v) is 8.10. The van der Waals surface area contributed by atoms with Crippen LogP contribution in [0.3, 0.4) is 0 Å². The van der Waals surface area contributed by atoms with Crippen molar-refractivity contribution in [3.8, 4) is 11.1 Å². The largest absolute Gasteiger partial charge is 0.444 e. The van der Waals surface area contributed by atoms with E-state index in [0.29, 0.717) is 5.56 Å². The van der Waals surface area contributed by atoms with Crippen molar-refractivity contribution in [1.82, 2.24) is 5.32 Å². The van der Waals surface area contributed by atoms with Crippen molar-refractivity contribution < 1.29 is 19.4 Å². The molecular weight excluding hydrogens is 318 g/mol. The van der Waals surface area contributed by atoms with Crippen LogP contribution in [0.2, 0.25) is 0 Å². The number of aliphatic hydroxyl groups is 1. The average Bonchev–Trinajstić information content (AvgIpc) is 2.58. The van der Waals surface area contributed by atoms with E-state index >= 15 is 0 Å². The second-order valence-corrected chi connectivity index (χ2v) is 6.69. The van der Waals surface area contributed by atoms with Crippen LogP contribution >= 0.6 is 0 Å². The molecule has 0 unspecified atom stereocenters. The van der Waals surface area contributed by atoms with Crippen molar-refractivity contribution in [1.29, 1.82) is 0 Å². The number of carbonyl (C=O) groups excluding carboxylic acids is 2. The molecule has 0 spiro atoms. The van der Waals surface area contributed by atoms with Gasteiger partial charge in [-0.3, -0.25) is 4.79 Å². The van der Waals surface area contributed by atoms with Crippen molar-refractivity contribution in [2.75, 3.05) is 6.61 Å². The van der Waals surface area contributed by atoms with E-state index in [9.17, 15) is 14.7 Å². The molecule has 0 fully saturated rings. The number of nitrogens with one attached hydrogen (secondary N) is 1. The third-order valence-electron chi connectivity index (χ3n) is 3.47. The zero-order valence-electron chi connectivity index (χ0n) is 14.7. The Labute approximate surface area is 147 Å². The maximum absolute atomic E-state index is 12.5. The second kappa shape index (κ2) is 7.94. The first kappa shape index (κ1) is 18.7. The lowest BCUT2D eigenvalue weighted by molar-refractivity contribution is 0.0467. The molecule has 0 aliphatic rings. The van der Waals surface area contributed by atoms with E-state index in [1.54, 1.807) is 32.9 Å². The lowest BCUT2D eigenvalue weighted by Crippen LogP contribution is -2.45. The van der Waals surface area contributed by atoms with Gasteiger partial charge in [0.2, 0.25) is 0 Å². The van der Waals surface area contributed by atoms with Crippen molar-refractivity contribution in [3.63, 3.8) is 0 Å². The topological polar surface area (TPSA) is 75.6 Å². The standard InChI is InChI=1S/C20H23NO4/c1-20(2,3)25-19(24)21-17(13-22)18(23)16-11-9-15(10-12-16)14-7-5-4-6-8-14/h4-12,17,22H,13H2,1-3H3,(H,21,24)/t17-/m0/s1. The van der Waals surface area contributed by atoms with Crippen LogP contribution in [-0.2, 0) is 4.74 Å². The van der Waals surface area contributed by atoms with E-state index in [1.165, 1.54) is 0 Å². The van der Waals surface area contributed by atoms with Crippen LogP contribution in [0.25, 0.3) is 11.1 Å². The minimum Gasteiger partial charge on any atom is -0.444 e. The van der Waals surface area contributed by atoms with E-state index in [-0.39, 0.29) is 5.78 Å². The first-order chi connectivity index (χ1) is 11.8. The molecule has 132 valence electrons. The number of rotatable bonds is 5. The van der Waals surface area contributed by atoms with Crippen LogP contribution in [-0.4, -0.2) is 35.2 Å². The summed E-state index contributed by atoms with van der Waals surface area (Å²) in [5, 5.41) is 11.9. The third kappa shape index (κ3) is 5.43. The van der Waals surface area contributed by atoms with Gasteiger partial charge >= 0.3 is 6.09 Å².